The lowest BCUT2D eigenvalue weighted by Crippen LogP contribution is -2.58. The monoisotopic (exact) mass is 549 g/mol. The van der Waals surface area contributed by atoms with Gasteiger partial charge in [-0.05, 0) is 135 Å². The second-order valence-corrected chi connectivity index (χ2v) is 15.5. The SMILES string of the molecule is C[C@H](CCC(=O)N1CCC(Cc2ccccc2)CC1)[C@@H]1CC[C@@H]2[C@H]3[C@@H](CC[C@@]21C)[C@@]1(C)CC[C@@H](O)C[C@@H]1C[C@@H]3O. The van der Waals surface area contributed by atoms with Gasteiger partial charge in [0.15, 0.2) is 0 Å². The summed E-state index contributed by atoms with van der Waals surface area (Å²) in [5.41, 5.74) is 2.00. The average Bonchev–Trinajstić information content (AvgIpc) is 3.31. The molecule has 222 valence electrons. The number of aliphatic hydroxyl groups is 2. The standard InChI is InChI=1S/C36H55NO3/c1-24(9-12-33(40)37-19-15-26(16-20-37)21-25-7-5-4-6-8-25)29-10-11-30-34-31(14-18-36(29,30)3)35(2)17-13-28(38)22-27(35)23-32(34)39/h4-8,24,26-32,34,38-39H,9-23H2,1-3H3/t24-,27-,28-,29+,30-,31-,32+,34+,35+,36-/m1/s1. The number of benzene rings is 1. The van der Waals surface area contributed by atoms with Crippen LogP contribution in [0.5, 0.6) is 0 Å². The molecule has 1 saturated heterocycles. The Balaban J connectivity index is 1.03. The Morgan fingerprint density at radius 2 is 1.62 bits per heavy atom. The summed E-state index contributed by atoms with van der Waals surface area (Å²) in [5.74, 6) is 4.39. The van der Waals surface area contributed by atoms with E-state index in [-0.39, 0.29) is 23.0 Å². The summed E-state index contributed by atoms with van der Waals surface area (Å²) in [6, 6.07) is 10.8. The molecule has 0 aromatic heterocycles. The summed E-state index contributed by atoms with van der Waals surface area (Å²) in [7, 11) is 0. The van der Waals surface area contributed by atoms with Crippen LogP contribution >= 0.6 is 0 Å². The molecule has 4 nitrogen and oxygen atoms in total. The first kappa shape index (κ1) is 28.7. The fourth-order valence-electron chi connectivity index (χ4n) is 11.2. The molecule has 4 aliphatic carbocycles. The van der Waals surface area contributed by atoms with Gasteiger partial charge in [-0.25, -0.2) is 0 Å². The van der Waals surface area contributed by atoms with E-state index in [1.165, 1.54) is 31.2 Å². The van der Waals surface area contributed by atoms with E-state index >= 15 is 0 Å². The maximum absolute atomic E-state index is 13.2. The van der Waals surface area contributed by atoms with Crippen molar-refractivity contribution in [3.8, 4) is 0 Å². The Kier molecular flexibility index (Phi) is 8.16. The summed E-state index contributed by atoms with van der Waals surface area (Å²) in [6.07, 6.45) is 13.6. The molecule has 5 aliphatic rings. The zero-order chi connectivity index (χ0) is 28.1. The number of fused-ring (bicyclic) bond motifs is 5. The zero-order valence-electron chi connectivity index (χ0n) is 25.4. The molecule has 40 heavy (non-hydrogen) atoms. The van der Waals surface area contributed by atoms with Gasteiger partial charge in [0.25, 0.3) is 0 Å². The largest absolute Gasteiger partial charge is 0.393 e. The van der Waals surface area contributed by atoms with Crippen molar-refractivity contribution in [1.29, 1.82) is 0 Å². The molecule has 5 fully saturated rings. The molecular formula is C36H55NO3. The molecule has 0 radical (unpaired) electrons. The first-order chi connectivity index (χ1) is 19.2. The van der Waals surface area contributed by atoms with Gasteiger partial charge in [-0.3, -0.25) is 4.79 Å². The summed E-state index contributed by atoms with van der Waals surface area (Å²) < 4.78 is 0. The van der Waals surface area contributed by atoms with E-state index in [1.807, 2.05) is 0 Å². The molecule has 1 aromatic carbocycles. The average molecular weight is 550 g/mol. The Morgan fingerprint density at radius 3 is 2.38 bits per heavy atom. The van der Waals surface area contributed by atoms with Crippen molar-refractivity contribution in [3.63, 3.8) is 0 Å². The van der Waals surface area contributed by atoms with E-state index in [2.05, 4.69) is 56.0 Å². The highest BCUT2D eigenvalue weighted by Gasteiger charge is 2.62. The summed E-state index contributed by atoms with van der Waals surface area (Å²) in [5, 5.41) is 21.9. The van der Waals surface area contributed by atoms with Gasteiger partial charge in [0.1, 0.15) is 0 Å². The Bertz CT molecular complexity index is 1020. The van der Waals surface area contributed by atoms with E-state index in [9.17, 15) is 15.0 Å². The second kappa shape index (κ2) is 11.4. The molecule has 4 saturated carbocycles. The molecule has 6 rings (SSSR count). The normalized spacial score (nSPS) is 42.5. The maximum atomic E-state index is 13.2. The van der Waals surface area contributed by atoms with Crippen LogP contribution in [-0.2, 0) is 11.2 Å². The number of aliphatic hydroxyl groups excluding tert-OH is 2. The minimum Gasteiger partial charge on any atom is -0.393 e. The number of piperidine rings is 1. The molecule has 0 spiro atoms. The molecule has 1 aliphatic heterocycles. The minimum atomic E-state index is -0.210. The maximum Gasteiger partial charge on any atom is 0.222 e. The van der Waals surface area contributed by atoms with Crippen LogP contribution in [0.25, 0.3) is 0 Å². The van der Waals surface area contributed by atoms with Crippen LogP contribution in [-0.4, -0.2) is 46.3 Å². The number of carbonyl (C=O) groups excluding carboxylic acids is 1. The third-order valence-corrected chi connectivity index (χ3v) is 13.6. The van der Waals surface area contributed by atoms with Crippen molar-refractivity contribution in [2.24, 2.45) is 52.3 Å². The molecule has 2 N–H and O–H groups in total. The van der Waals surface area contributed by atoms with Crippen LogP contribution in [0.3, 0.4) is 0 Å². The lowest BCUT2D eigenvalue weighted by molar-refractivity contribution is -0.174. The molecule has 4 heteroatoms. The van der Waals surface area contributed by atoms with Crippen LogP contribution < -0.4 is 0 Å². The van der Waals surface area contributed by atoms with Crippen LogP contribution in [0.2, 0.25) is 0 Å². The molecule has 1 heterocycles. The lowest BCUT2D eigenvalue weighted by atomic mass is 9.43. The number of likely N-dealkylation sites (tertiary alicyclic amines) is 1. The predicted octanol–water partition coefficient (Wildman–Crippen LogP) is 6.87. The van der Waals surface area contributed by atoms with Gasteiger partial charge in [-0.1, -0.05) is 51.1 Å². The van der Waals surface area contributed by atoms with Crippen LogP contribution in [0, 0.1) is 52.3 Å². The first-order valence-electron chi connectivity index (χ1n) is 16.9. The summed E-state index contributed by atoms with van der Waals surface area (Å²) >= 11 is 0. The summed E-state index contributed by atoms with van der Waals surface area (Å²) in [4.78, 5) is 15.4. The minimum absolute atomic E-state index is 0.171. The van der Waals surface area contributed by atoms with Crippen molar-refractivity contribution >= 4 is 5.91 Å². The quantitative estimate of drug-likeness (QED) is 0.407. The topological polar surface area (TPSA) is 60.8 Å². The van der Waals surface area contributed by atoms with Gasteiger partial charge >= 0.3 is 0 Å². The van der Waals surface area contributed by atoms with Gasteiger partial charge in [0.05, 0.1) is 12.2 Å². The van der Waals surface area contributed by atoms with Crippen molar-refractivity contribution in [3.05, 3.63) is 35.9 Å². The van der Waals surface area contributed by atoms with Crippen LogP contribution in [0.15, 0.2) is 30.3 Å². The smallest absolute Gasteiger partial charge is 0.222 e. The Labute approximate surface area is 243 Å². The van der Waals surface area contributed by atoms with Crippen LogP contribution in [0.1, 0.15) is 103 Å². The number of rotatable bonds is 6. The van der Waals surface area contributed by atoms with E-state index in [0.29, 0.717) is 53.8 Å². The number of amides is 1. The van der Waals surface area contributed by atoms with Crippen molar-refractivity contribution in [2.45, 2.75) is 116 Å². The van der Waals surface area contributed by atoms with E-state index in [0.717, 1.165) is 64.5 Å². The first-order valence-corrected chi connectivity index (χ1v) is 16.9. The molecule has 1 aromatic rings. The highest BCUT2D eigenvalue weighted by molar-refractivity contribution is 5.76. The van der Waals surface area contributed by atoms with E-state index in [4.69, 9.17) is 0 Å². The predicted molar refractivity (Wildman–Crippen MR) is 160 cm³/mol. The number of nitrogens with zero attached hydrogens (tertiary/aromatic N) is 1. The van der Waals surface area contributed by atoms with Crippen molar-refractivity contribution < 1.29 is 15.0 Å². The lowest BCUT2D eigenvalue weighted by Gasteiger charge is -2.62. The van der Waals surface area contributed by atoms with Crippen molar-refractivity contribution in [1.82, 2.24) is 4.90 Å². The molecule has 0 unspecified atom stereocenters. The highest BCUT2D eigenvalue weighted by atomic mass is 16.3. The number of carbonyl (C=O) groups is 1. The fraction of sp³-hybridized carbons (Fsp3) is 0.806. The van der Waals surface area contributed by atoms with Crippen LogP contribution in [0.4, 0.5) is 0 Å². The van der Waals surface area contributed by atoms with Crippen molar-refractivity contribution in [2.75, 3.05) is 13.1 Å². The van der Waals surface area contributed by atoms with Gasteiger partial charge < -0.3 is 15.1 Å². The fourth-order valence-corrected chi connectivity index (χ4v) is 11.2. The molecule has 10 atom stereocenters. The summed E-state index contributed by atoms with van der Waals surface area (Å²) in [6.45, 7) is 9.31. The van der Waals surface area contributed by atoms with Gasteiger partial charge in [0.2, 0.25) is 5.91 Å². The highest BCUT2D eigenvalue weighted by Crippen LogP contribution is 2.68. The second-order valence-electron chi connectivity index (χ2n) is 15.5. The molecule has 1 amide bonds. The zero-order valence-corrected chi connectivity index (χ0v) is 25.4. The Hall–Kier alpha value is -1.39. The molecular weight excluding hydrogens is 494 g/mol. The van der Waals surface area contributed by atoms with Gasteiger partial charge in [-0.15, -0.1) is 0 Å². The van der Waals surface area contributed by atoms with E-state index < -0.39 is 0 Å². The number of hydrogen-bond acceptors (Lipinski definition) is 3. The molecule has 0 bridgehead atoms. The Morgan fingerprint density at radius 1 is 0.925 bits per heavy atom. The van der Waals surface area contributed by atoms with E-state index in [1.54, 1.807) is 0 Å². The van der Waals surface area contributed by atoms with Gasteiger partial charge in [-0.2, -0.15) is 0 Å². The number of hydrogen-bond donors (Lipinski definition) is 2. The third-order valence-electron chi connectivity index (χ3n) is 13.6. The van der Waals surface area contributed by atoms with Gasteiger partial charge in [0, 0.05) is 19.5 Å². The third kappa shape index (κ3) is 5.19.